The second-order valence-electron chi connectivity index (χ2n) is 3.85. The van der Waals surface area contributed by atoms with E-state index in [0.717, 1.165) is 10.9 Å². The van der Waals surface area contributed by atoms with Crippen molar-refractivity contribution in [3.8, 4) is 11.5 Å². The molecule has 2 rings (SSSR count). The maximum atomic E-state index is 11.6. The average Bonchev–Trinajstić information content (AvgIpc) is 2.44. The van der Waals surface area contributed by atoms with Crippen LogP contribution < -0.4 is 10.3 Å². The molecule has 0 spiro atoms. The van der Waals surface area contributed by atoms with Gasteiger partial charge in [-0.15, -0.1) is 0 Å². The van der Waals surface area contributed by atoms with E-state index >= 15 is 0 Å². The summed E-state index contributed by atoms with van der Waals surface area (Å²) >= 11 is 10.8. The fourth-order valence-corrected chi connectivity index (χ4v) is 1.92. The second-order valence-corrected chi connectivity index (χ2v) is 4.65. The van der Waals surface area contributed by atoms with E-state index in [1.54, 1.807) is 13.0 Å². The highest BCUT2D eigenvalue weighted by Gasteiger charge is 2.08. The van der Waals surface area contributed by atoms with E-state index in [9.17, 15) is 9.90 Å². The van der Waals surface area contributed by atoms with Gasteiger partial charge in [0, 0.05) is 0 Å². The van der Waals surface area contributed by atoms with Crippen LogP contribution in [0, 0.1) is 4.77 Å². The normalized spacial score (nSPS) is 11.0. The number of rotatable bonds is 4. The minimum absolute atomic E-state index is 0.0636. The summed E-state index contributed by atoms with van der Waals surface area (Å²) in [5.74, 6) is 0.0905. The Balaban J connectivity index is 2.42. The number of nitrogens with one attached hydrogen (secondary N) is 1. The molecule has 2 aromatic rings. The van der Waals surface area contributed by atoms with Gasteiger partial charge in [-0.05, 0) is 36.8 Å². The molecule has 1 aromatic carbocycles. The average molecular weight is 327 g/mol. The summed E-state index contributed by atoms with van der Waals surface area (Å²) in [5.41, 5.74) is 0.0734. The lowest BCUT2D eigenvalue weighted by Gasteiger charge is -2.08. The van der Waals surface area contributed by atoms with Crippen molar-refractivity contribution in [1.82, 2.24) is 14.9 Å². The van der Waals surface area contributed by atoms with Crippen molar-refractivity contribution in [2.75, 3.05) is 6.61 Å². The molecular formula is C12H11ClN4O3S. The Labute approximate surface area is 129 Å². The Bertz CT molecular complexity index is 772. The number of halogens is 1. The molecule has 0 bridgehead atoms. The Morgan fingerprint density at radius 2 is 2.38 bits per heavy atom. The van der Waals surface area contributed by atoms with Crippen molar-refractivity contribution in [3.63, 3.8) is 0 Å². The summed E-state index contributed by atoms with van der Waals surface area (Å²) in [5, 5.41) is 19.8. The van der Waals surface area contributed by atoms with Gasteiger partial charge >= 0.3 is 0 Å². The van der Waals surface area contributed by atoms with Crippen LogP contribution in [0.15, 0.2) is 28.2 Å². The van der Waals surface area contributed by atoms with Crippen molar-refractivity contribution in [1.29, 1.82) is 0 Å². The predicted molar refractivity (Wildman–Crippen MR) is 81.0 cm³/mol. The highest BCUT2D eigenvalue weighted by molar-refractivity contribution is 7.71. The van der Waals surface area contributed by atoms with Crippen LogP contribution in [0.25, 0.3) is 0 Å². The standard InChI is InChI=1S/C12H11ClN4O3S/c1-2-20-9-4-7(3-8(13)11(9)19)5-15-17-10(18)6-14-16-12(17)21/h3-6,19H,2H2,1H3,(H,16,21)/b15-5-. The molecular weight excluding hydrogens is 316 g/mol. The lowest BCUT2D eigenvalue weighted by atomic mass is 10.2. The summed E-state index contributed by atoms with van der Waals surface area (Å²) < 4.78 is 6.30. The molecule has 2 N–H and O–H groups in total. The number of nitrogens with zero attached hydrogens (tertiary/aromatic N) is 3. The van der Waals surface area contributed by atoms with E-state index in [-0.39, 0.29) is 21.3 Å². The second kappa shape index (κ2) is 6.51. The first-order valence-electron chi connectivity index (χ1n) is 5.89. The van der Waals surface area contributed by atoms with Crippen LogP contribution in [0.1, 0.15) is 12.5 Å². The third-order valence-electron chi connectivity index (χ3n) is 2.41. The molecule has 0 atom stereocenters. The third-order valence-corrected chi connectivity index (χ3v) is 2.96. The van der Waals surface area contributed by atoms with Crippen molar-refractivity contribution >= 4 is 30.0 Å². The molecule has 110 valence electrons. The Kier molecular flexibility index (Phi) is 4.71. The fraction of sp³-hybridized carbons (Fsp3) is 0.167. The summed E-state index contributed by atoms with van der Waals surface area (Å²) in [6, 6.07) is 3.04. The molecule has 0 unspecified atom stereocenters. The van der Waals surface area contributed by atoms with E-state index in [0.29, 0.717) is 12.2 Å². The van der Waals surface area contributed by atoms with Gasteiger partial charge in [-0.2, -0.15) is 14.9 Å². The van der Waals surface area contributed by atoms with Crippen LogP contribution in [0.3, 0.4) is 0 Å². The first-order chi connectivity index (χ1) is 10.0. The Hall–Kier alpha value is -2.19. The minimum Gasteiger partial charge on any atom is -0.503 e. The number of aromatic nitrogens is 3. The van der Waals surface area contributed by atoms with Gasteiger partial charge in [-0.1, -0.05) is 11.6 Å². The first-order valence-corrected chi connectivity index (χ1v) is 6.68. The minimum atomic E-state index is -0.468. The number of hydrogen-bond acceptors (Lipinski definition) is 6. The number of phenols is 1. The van der Waals surface area contributed by atoms with E-state index in [1.165, 1.54) is 12.3 Å². The Morgan fingerprint density at radius 3 is 3.05 bits per heavy atom. The van der Waals surface area contributed by atoms with Crippen LogP contribution in [-0.2, 0) is 0 Å². The zero-order chi connectivity index (χ0) is 15.4. The zero-order valence-electron chi connectivity index (χ0n) is 10.9. The summed E-state index contributed by atoms with van der Waals surface area (Å²) in [7, 11) is 0. The number of phenolic OH excluding ortho intramolecular Hbond substituents is 1. The van der Waals surface area contributed by atoms with Crippen molar-refractivity contribution in [3.05, 3.63) is 44.0 Å². The van der Waals surface area contributed by atoms with E-state index in [1.807, 2.05) is 0 Å². The van der Waals surface area contributed by atoms with E-state index < -0.39 is 5.56 Å². The topological polar surface area (TPSA) is 92.5 Å². The van der Waals surface area contributed by atoms with Gasteiger partial charge in [0.1, 0.15) is 6.20 Å². The Morgan fingerprint density at radius 1 is 1.62 bits per heavy atom. The molecule has 1 aromatic heterocycles. The smallest absolute Gasteiger partial charge is 0.293 e. The van der Waals surface area contributed by atoms with Crippen LogP contribution in [-0.4, -0.2) is 32.8 Å². The highest BCUT2D eigenvalue weighted by atomic mass is 35.5. The highest BCUT2D eigenvalue weighted by Crippen LogP contribution is 2.34. The number of H-pyrrole nitrogens is 1. The quantitative estimate of drug-likeness (QED) is 0.661. The lowest BCUT2D eigenvalue weighted by Crippen LogP contribution is -2.18. The van der Waals surface area contributed by atoms with Gasteiger partial charge in [0.05, 0.1) is 17.8 Å². The number of hydrogen-bond donors (Lipinski definition) is 2. The van der Waals surface area contributed by atoms with Crippen molar-refractivity contribution in [2.24, 2.45) is 5.10 Å². The lowest BCUT2D eigenvalue weighted by molar-refractivity contribution is 0.318. The SMILES string of the molecule is CCOc1cc(/C=N\n2c(=O)cn[nH]c2=S)cc(Cl)c1O. The molecule has 0 saturated carbocycles. The molecule has 21 heavy (non-hydrogen) atoms. The predicted octanol–water partition coefficient (Wildman–Crippen LogP) is 1.94. The molecule has 0 aliphatic rings. The maximum Gasteiger partial charge on any atom is 0.293 e. The van der Waals surface area contributed by atoms with Gasteiger partial charge in [-0.25, -0.2) is 0 Å². The van der Waals surface area contributed by atoms with Gasteiger partial charge in [-0.3, -0.25) is 9.89 Å². The molecule has 0 radical (unpaired) electrons. The molecule has 9 heteroatoms. The van der Waals surface area contributed by atoms with Gasteiger partial charge in [0.25, 0.3) is 5.56 Å². The van der Waals surface area contributed by atoms with Crippen molar-refractivity contribution < 1.29 is 9.84 Å². The van der Waals surface area contributed by atoms with Crippen LogP contribution in [0.2, 0.25) is 5.02 Å². The van der Waals surface area contributed by atoms with E-state index in [2.05, 4.69) is 15.3 Å². The summed E-state index contributed by atoms with van der Waals surface area (Å²) in [6.07, 6.45) is 2.43. The molecule has 1 heterocycles. The fourth-order valence-electron chi connectivity index (χ4n) is 1.51. The number of ether oxygens (including phenoxy) is 1. The van der Waals surface area contributed by atoms with Crippen LogP contribution in [0.5, 0.6) is 11.5 Å². The van der Waals surface area contributed by atoms with E-state index in [4.69, 9.17) is 28.6 Å². The van der Waals surface area contributed by atoms with Crippen molar-refractivity contribution in [2.45, 2.75) is 6.92 Å². The van der Waals surface area contributed by atoms with Crippen LogP contribution >= 0.6 is 23.8 Å². The molecule has 0 saturated heterocycles. The monoisotopic (exact) mass is 326 g/mol. The molecule has 0 aliphatic carbocycles. The molecule has 0 fully saturated rings. The largest absolute Gasteiger partial charge is 0.503 e. The molecule has 0 aliphatic heterocycles. The zero-order valence-corrected chi connectivity index (χ0v) is 12.5. The summed E-state index contributed by atoms with van der Waals surface area (Å²) in [4.78, 5) is 11.6. The molecule has 0 amide bonds. The van der Waals surface area contributed by atoms with Crippen LogP contribution in [0.4, 0.5) is 0 Å². The maximum absolute atomic E-state index is 11.6. The molecule has 7 nitrogen and oxygen atoms in total. The number of benzene rings is 1. The van der Waals surface area contributed by atoms with Gasteiger partial charge in [0.2, 0.25) is 4.77 Å². The van der Waals surface area contributed by atoms with Gasteiger partial charge in [0.15, 0.2) is 11.5 Å². The summed E-state index contributed by atoms with van der Waals surface area (Å²) in [6.45, 7) is 2.16. The number of aromatic hydroxyl groups is 1. The number of aromatic amines is 1. The first kappa shape index (κ1) is 15.2. The van der Waals surface area contributed by atoms with Gasteiger partial charge < -0.3 is 9.84 Å². The third kappa shape index (κ3) is 3.47.